The van der Waals surface area contributed by atoms with Crippen molar-refractivity contribution in [2.24, 2.45) is 0 Å². The molecular formula is C20H19FN2O2S. The van der Waals surface area contributed by atoms with E-state index in [-0.39, 0.29) is 18.3 Å². The summed E-state index contributed by atoms with van der Waals surface area (Å²) >= 11 is 1.29. The third-order valence-electron chi connectivity index (χ3n) is 3.84. The number of benzene rings is 2. The van der Waals surface area contributed by atoms with Crippen molar-refractivity contribution in [1.82, 2.24) is 4.98 Å². The summed E-state index contributed by atoms with van der Waals surface area (Å²) in [5.41, 5.74) is 2.64. The number of hydrogen-bond acceptors (Lipinski definition) is 4. The van der Waals surface area contributed by atoms with E-state index in [0.29, 0.717) is 21.3 Å². The van der Waals surface area contributed by atoms with E-state index in [1.807, 2.05) is 24.3 Å². The Labute approximate surface area is 155 Å². The molecule has 0 aliphatic heterocycles. The number of thiazole rings is 1. The molecule has 0 atom stereocenters. The van der Waals surface area contributed by atoms with Crippen LogP contribution in [0.1, 0.15) is 32.9 Å². The van der Waals surface area contributed by atoms with Gasteiger partial charge in [-0.3, -0.25) is 4.79 Å². The molecule has 6 heteroatoms. The molecule has 0 saturated heterocycles. The molecule has 134 valence electrons. The Bertz CT molecular complexity index is 889. The highest BCUT2D eigenvalue weighted by Crippen LogP contribution is 2.22. The van der Waals surface area contributed by atoms with Crippen LogP contribution in [0.3, 0.4) is 0 Å². The van der Waals surface area contributed by atoms with Gasteiger partial charge in [-0.05, 0) is 55.3 Å². The van der Waals surface area contributed by atoms with Gasteiger partial charge in [0.05, 0.1) is 5.69 Å². The second-order valence-corrected chi connectivity index (χ2v) is 6.85. The first-order valence-electron chi connectivity index (χ1n) is 8.30. The van der Waals surface area contributed by atoms with E-state index in [4.69, 9.17) is 4.74 Å². The minimum Gasteiger partial charge on any atom is -0.486 e. The number of hydrogen-bond donors (Lipinski definition) is 1. The first-order valence-corrected chi connectivity index (χ1v) is 9.11. The van der Waals surface area contributed by atoms with Gasteiger partial charge in [0.25, 0.3) is 5.91 Å². The topological polar surface area (TPSA) is 51.2 Å². The van der Waals surface area contributed by atoms with Gasteiger partial charge in [-0.1, -0.05) is 19.1 Å². The van der Waals surface area contributed by atoms with Crippen LogP contribution in [0.4, 0.5) is 10.1 Å². The average molecular weight is 370 g/mol. The lowest BCUT2D eigenvalue weighted by Gasteiger charge is -2.05. The third-order valence-corrected chi connectivity index (χ3v) is 4.97. The summed E-state index contributed by atoms with van der Waals surface area (Å²) in [6.07, 6.45) is 0.958. The molecule has 26 heavy (non-hydrogen) atoms. The van der Waals surface area contributed by atoms with Crippen molar-refractivity contribution in [3.63, 3.8) is 0 Å². The first-order chi connectivity index (χ1) is 12.5. The maximum absolute atomic E-state index is 12.9. The number of anilines is 1. The van der Waals surface area contributed by atoms with Crippen LogP contribution < -0.4 is 10.1 Å². The number of amides is 1. The van der Waals surface area contributed by atoms with E-state index < -0.39 is 0 Å². The highest BCUT2D eigenvalue weighted by molar-refractivity contribution is 7.13. The van der Waals surface area contributed by atoms with E-state index in [9.17, 15) is 9.18 Å². The lowest BCUT2D eigenvalue weighted by molar-refractivity contribution is 0.103. The molecule has 2 aromatic carbocycles. The molecule has 0 radical (unpaired) electrons. The molecular weight excluding hydrogens is 351 g/mol. The molecule has 0 spiro atoms. The summed E-state index contributed by atoms with van der Waals surface area (Å²) < 4.78 is 18.5. The van der Waals surface area contributed by atoms with Gasteiger partial charge >= 0.3 is 0 Å². The summed E-state index contributed by atoms with van der Waals surface area (Å²) in [5.74, 6) is 0.0620. The number of halogens is 1. The predicted octanol–water partition coefficient (Wildman–Crippen LogP) is 4.98. The number of carbonyl (C=O) groups is 1. The smallest absolute Gasteiger partial charge is 0.267 e. The van der Waals surface area contributed by atoms with Gasteiger partial charge in [0.1, 0.15) is 28.1 Å². The summed E-state index contributed by atoms with van der Waals surface area (Å²) in [5, 5.41) is 3.59. The predicted molar refractivity (Wildman–Crippen MR) is 101 cm³/mol. The van der Waals surface area contributed by atoms with E-state index in [1.54, 1.807) is 19.1 Å². The van der Waals surface area contributed by atoms with E-state index in [2.05, 4.69) is 17.2 Å². The summed E-state index contributed by atoms with van der Waals surface area (Å²) in [6.45, 7) is 4.12. The number of nitrogens with one attached hydrogen (secondary N) is 1. The molecule has 4 nitrogen and oxygen atoms in total. The lowest BCUT2D eigenvalue weighted by atomic mass is 10.1. The van der Waals surface area contributed by atoms with E-state index in [1.165, 1.54) is 29.0 Å². The maximum atomic E-state index is 12.9. The second-order valence-electron chi connectivity index (χ2n) is 5.77. The molecule has 1 aromatic heterocycles. The van der Waals surface area contributed by atoms with Crippen molar-refractivity contribution >= 4 is 22.9 Å². The van der Waals surface area contributed by atoms with Gasteiger partial charge in [-0.25, -0.2) is 9.37 Å². The Morgan fingerprint density at radius 1 is 1.15 bits per heavy atom. The molecule has 0 unspecified atom stereocenters. The number of nitrogens with zero attached hydrogens (tertiary/aromatic N) is 1. The summed E-state index contributed by atoms with van der Waals surface area (Å²) in [6, 6.07) is 13.6. The minimum absolute atomic E-state index is 0.183. The SMILES string of the molecule is CCc1ccc(NC(=O)c2sc(COc3ccc(F)cc3)nc2C)cc1. The van der Waals surface area contributed by atoms with Crippen LogP contribution in [-0.2, 0) is 13.0 Å². The van der Waals surface area contributed by atoms with Crippen LogP contribution in [0.5, 0.6) is 5.75 Å². The maximum Gasteiger partial charge on any atom is 0.267 e. The highest BCUT2D eigenvalue weighted by Gasteiger charge is 2.16. The zero-order valence-corrected chi connectivity index (χ0v) is 15.4. The van der Waals surface area contributed by atoms with Crippen molar-refractivity contribution in [2.75, 3.05) is 5.32 Å². The largest absolute Gasteiger partial charge is 0.486 e. The number of aryl methyl sites for hydroxylation is 2. The number of ether oxygens (including phenoxy) is 1. The van der Waals surface area contributed by atoms with Gasteiger partial charge < -0.3 is 10.1 Å². The van der Waals surface area contributed by atoms with Crippen molar-refractivity contribution in [2.45, 2.75) is 26.9 Å². The number of aromatic nitrogens is 1. The van der Waals surface area contributed by atoms with Gasteiger partial charge in [0.2, 0.25) is 0 Å². The standard InChI is InChI=1S/C20H19FN2O2S/c1-3-14-4-8-16(9-5-14)23-20(24)19-13(2)22-18(26-19)12-25-17-10-6-15(21)7-11-17/h4-11H,3,12H2,1-2H3,(H,23,24). The normalized spacial score (nSPS) is 10.6. The molecule has 1 heterocycles. The highest BCUT2D eigenvalue weighted by atomic mass is 32.1. The van der Waals surface area contributed by atoms with Crippen molar-refractivity contribution in [3.8, 4) is 5.75 Å². The molecule has 3 aromatic rings. The van der Waals surface area contributed by atoms with Crippen molar-refractivity contribution < 1.29 is 13.9 Å². The van der Waals surface area contributed by atoms with E-state index in [0.717, 1.165) is 12.1 Å². The fourth-order valence-electron chi connectivity index (χ4n) is 2.41. The Kier molecular flexibility index (Phi) is 5.63. The number of rotatable bonds is 6. The molecule has 0 bridgehead atoms. The van der Waals surface area contributed by atoms with Crippen LogP contribution in [0, 0.1) is 12.7 Å². The third kappa shape index (κ3) is 4.46. The Morgan fingerprint density at radius 3 is 2.50 bits per heavy atom. The molecule has 0 fully saturated rings. The average Bonchev–Trinajstić information content (AvgIpc) is 3.03. The van der Waals surface area contributed by atoms with Crippen LogP contribution in [0.2, 0.25) is 0 Å². The lowest BCUT2D eigenvalue weighted by Crippen LogP contribution is -2.11. The Morgan fingerprint density at radius 2 is 1.85 bits per heavy atom. The van der Waals surface area contributed by atoms with Crippen molar-refractivity contribution in [1.29, 1.82) is 0 Å². The summed E-state index contributed by atoms with van der Waals surface area (Å²) in [4.78, 5) is 17.4. The van der Waals surface area contributed by atoms with Crippen LogP contribution in [0.25, 0.3) is 0 Å². The zero-order chi connectivity index (χ0) is 18.5. The molecule has 0 aliphatic carbocycles. The van der Waals surface area contributed by atoms with Crippen LogP contribution in [0.15, 0.2) is 48.5 Å². The fourth-order valence-corrected chi connectivity index (χ4v) is 3.29. The monoisotopic (exact) mass is 370 g/mol. The second kappa shape index (κ2) is 8.10. The van der Waals surface area contributed by atoms with Crippen molar-refractivity contribution in [3.05, 3.63) is 75.5 Å². The van der Waals surface area contributed by atoms with Gasteiger partial charge in [-0.2, -0.15) is 0 Å². The Balaban J connectivity index is 1.64. The van der Waals surface area contributed by atoms with Crippen LogP contribution >= 0.6 is 11.3 Å². The van der Waals surface area contributed by atoms with Gasteiger partial charge in [0, 0.05) is 5.69 Å². The molecule has 0 aliphatic rings. The first kappa shape index (κ1) is 18.1. The Hall–Kier alpha value is -2.73. The van der Waals surface area contributed by atoms with Crippen LogP contribution in [-0.4, -0.2) is 10.9 Å². The minimum atomic E-state index is -0.312. The zero-order valence-electron chi connectivity index (χ0n) is 14.6. The molecule has 1 amide bonds. The van der Waals surface area contributed by atoms with Gasteiger partial charge in [-0.15, -0.1) is 11.3 Å². The van der Waals surface area contributed by atoms with E-state index >= 15 is 0 Å². The molecule has 0 saturated carbocycles. The summed E-state index contributed by atoms with van der Waals surface area (Å²) in [7, 11) is 0. The molecule has 1 N–H and O–H groups in total. The number of carbonyl (C=O) groups excluding carboxylic acids is 1. The fraction of sp³-hybridized carbons (Fsp3) is 0.200. The van der Waals surface area contributed by atoms with Gasteiger partial charge in [0.15, 0.2) is 0 Å². The quantitative estimate of drug-likeness (QED) is 0.665. The molecule has 3 rings (SSSR count).